The second-order valence-electron chi connectivity index (χ2n) is 5.29. The Morgan fingerprint density at radius 1 is 1.29 bits per heavy atom. The fraction of sp³-hybridized carbons (Fsp3) is 0.350. The Labute approximate surface area is 143 Å². The Bertz CT molecular complexity index is 622. The van der Waals surface area contributed by atoms with Crippen molar-refractivity contribution in [2.45, 2.75) is 31.7 Å². The first kappa shape index (κ1) is 18.0. The lowest BCUT2D eigenvalue weighted by molar-refractivity contribution is -0.134. The van der Waals surface area contributed by atoms with E-state index in [1.165, 1.54) is 13.2 Å². The molecule has 126 valence electrons. The van der Waals surface area contributed by atoms with Crippen LogP contribution in [0.3, 0.4) is 0 Å². The first-order chi connectivity index (χ1) is 11.8. The Balaban J connectivity index is 1.78. The molecule has 0 aromatic heterocycles. The fourth-order valence-corrected chi connectivity index (χ4v) is 2.19. The van der Waals surface area contributed by atoms with E-state index in [9.17, 15) is 4.79 Å². The molecule has 0 fully saturated rings. The normalized spacial score (nSPS) is 20.2. The van der Waals surface area contributed by atoms with Crippen molar-refractivity contribution in [1.29, 1.82) is 0 Å². The van der Waals surface area contributed by atoms with E-state index in [1.807, 2.05) is 36.4 Å². The van der Waals surface area contributed by atoms with Gasteiger partial charge in [-0.3, -0.25) is 0 Å². The molecule has 2 atom stereocenters. The number of carbonyl (C=O) groups excluding carboxylic acids is 1. The van der Waals surface area contributed by atoms with Gasteiger partial charge in [-0.15, -0.1) is 0 Å². The van der Waals surface area contributed by atoms with Gasteiger partial charge in [-0.1, -0.05) is 54.3 Å². The SMILES string of the molecule is COC(=O)/C=C/[C@@H]1CC=CC[C@H](C#CCOCc2ccccc2)O1. The molecule has 0 saturated heterocycles. The first-order valence-corrected chi connectivity index (χ1v) is 7.94. The van der Waals surface area contributed by atoms with E-state index in [0.29, 0.717) is 13.2 Å². The summed E-state index contributed by atoms with van der Waals surface area (Å²) < 4.78 is 16.0. The maximum Gasteiger partial charge on any atom is 0.330 e. The van der Waals surface area contributed by atoms with Gasteiger partial charge in [-0.05, 0) is 18.1 Å². The highest BCUT2D eigenvalue weighted by Gasteiger charge is 2.14. The summed E-state index contributed by atoms with van der Waals surface area (Å²) in [6, 6.07) is 9.98. The largest absolute Gasteiger partial charge is 0.466 e. The van der Waals surface area contributed by atoms with Crippen molar-refractivity contribution in [3.8, 4) is 11.8 Å². The van der Waals surface area contributed by atoms with Crippen LogP contribution in [0.4, 0.5) is 0 Å². The summed E-state index contributed by atoms with van der Waals surface area (Å²) in [5.41, 5.74) is 1.13. The highest BCUT2D eigenvalue weighted by molar-refractivity contribution is 5.81. The number of hydrogen-bond donors (Lipinski definition) is 0. The molecule has 0 unspecified atom stereocenters. The Hall–Kier alpha value is -2.35. The number of esters is 1. The molecule has 0 spiro atoms. The Morgan fingerprint density at radius 3 is 2.88 bits per heavy atom. The lowest BCUT2D eigenvalue weighted by Gasteiger charge is -2.14. The number of rotatable bonds is 5. The standard InChI is InChI=1S/C20H22O4/c1-22-20(21)14-13-19-11-6-5-10-18(24-19)12-7-15-23-16-17-8-3-2-4-9-17/h2-6,8-9,13-14,18-19H,10-11,15-16H2,1H3/b14-13+/t18-,19+/m1/s1. The highest BCUT2D eigenvalue weighted by atomic mass is 16.5. The molecule has 1 aliphatic rings. The van der Waals surface area contributed by atoms with Crippen molar-refractivity contribution < 1.29 is 19.0 Å². The molecule has 0 amide bonds. The van der Waals surface area contributed by atoms with Gasteiger partial charge in [0, 0.05) is 12.5 Å². The van der Waals surface area contributed by atoms with Crippen LogP contribution in [0, 0.1) is 11.8 Å². The molecular formula is C20H22O4. The molecule has 2 rings (SSSR count). The molecule has 1 aliphatic heterocycles. The van der Waals surface area contributed by atoms with Gasteiger partial charge in [0.2, 0.25) is 0 Å². The van der Waals surface area contributed by atoms with E-state index in [4.69, 9.17) is 9.47 Å². The van der Waals surface area contributed by atoms with Gasteiger partial charge >= 0.3 is 5.97 Å². The molecule has 0 bridgehead atoms. The molecular weight excluding hydrogens is 304 g/mol. The van der Waals surface area contributed by atoms with Crippen LogP contribution in [0.15, 0.2) is 54.6 Å². The van der Waals surface area contributed by atoms with Crippen LogP contribution in [0.5, 0.6) is 0 Å². The zero-order valence-corrected chi connectivity index (χ0v) is 13.8. The van der Waals surface area contributed by atoms with E-state index in [2.05, 4.69) is 22.7 Å². The van der Waals surface area contributed by atoms with Gasteiger partial charge in [0.1, 0.15) is 12.7 Å². The summed E-state index contributed by atoms with van der Waals surface area (Å²) in [6.45, 7) is 0.909. The van der Waals surface area contributed by atoms with Crippen molar-refractivity contribution in [2.75, 3.05) is 13.7 Å². The minimum absolute atomic E-state index is 0.174. The predicted octanol–water partition coefficient (Wildman–Crippen LogP) is 3.04. The lowest BCUT2D eigenvalue weighted by Crippen LogP contribution is -2.17. The monoisotopic (exact) mass is 326 g/mol. The van der Waals surface area contributed by atoms with Gasteiger partial charge in [0.25, 0.3) is 0 Å². The third kappa shape index (κ3) is 6.82. The van der Waals surface area contributed by atoms with Crippen LogP contribution < -0.4 is 0 Å². The molecule has 4 heteroatoms. The van der Waals surface area contributed by atoms with Gasteiger partial charge in [0.15, 0.2) is 0 Å². The average molecular weight is 326 g/mol. The molecule has 4 nitrogen and oxygen atoms in total. The summed E-state index contributed by atoms with van der Waals surface area (Å²) >= 11 is 0. The lowest BCUT2D eigenvalue weighted by atomic mass is 10.2. The fourth-order valence-electron chi connectivity index (χ4n) is 2.19. The van der Waals surface area contributed by atoms with Crippen LogP contribution in [-0.2, 0) is 25.6 Å². The average Bonchev–Trinajstić information content (AvgIpc) is 2.85. The van der Waals surface area contributed by atoms with Crippen LogP contribution in [0.2, 0.25) is 0 Å². The molecule has 0 N–H and O–H groups in total. The van der Waals surface area contributed by atoms with Crippen molar-refractivity contribution in [3.05, 3.63) is 60.2 Å². The minimum atomic E-state index is -0.385. The van der Waals surface area contributed by atoms with Gasteiger partial charge < -0.3 is 14.2 Å². The number of benzene rings is 1. The Kier molecular flexibility index (Phi) is 7.82. The maximum atomic E-state index is 11.2. The summed E-state index contributed by atoms with van der Waals surface area (Å²) in [7, 11) is 1.35. The van der Waals surface area contributed by atoms with E-state index >= 15 is 0 Å². The zero-order valence-electron chi connectivity index (χ0n) is 13.8. The first-order valence-electron chi connectivity index (χ1n) is 7.94. The van der Waals surface area contributed by atoms with Crippen molar-refractivity contribution in [1.82, 2.24) is 0 Å². The third-order valence-corrected chi connectivity index (χ3v) is 3.42. The van der Waals surface area contributed by atoms with E-state index < -0.39 is 0 Å². The summed E-state index contributed by atoms with van der Waals surface area (Å²) in [5, 5.41) is 0. The van der Waals surface area contributed by atoms with E-state index in [0.717, 1.165) is 18.4 Å². The number of methoxy groups -OCH3 is 1. The molecule has 24 heavy (non-hydrogen) atoms. The van der Waals surface area contributed by atoms with Crippen LogP contribution in [0.25, 0.3) is 0 Å². The predicted molar refractivity (Wildman–Crippen MR) is 92.1 cm³/mol. The second-order valence-corrected chi connectivity index (χ2v) is 5.29. The molecule has 0 aliphatic carbocycles. The minimum Gasteiger partial charge on any atom is -0.466 e. The zero-order chi connectivity index (χ0) is 17.0. The highest BCUT2D eigenvalue weighted by Crippen LogP contribution is 2.13. The van der Waals surface area contributed by atoms with Crippen molar-refractivity contribution in [2.24, 2.45) is 0 Å². The maximum absolute atomic E-state index is 11.2. The summed E-state index contributed by atoms with van der Waals surface area (Å²) in [6.07, 6.45) is 8.27. The third-order valence-electron chi connectivity index (χ3n) is 3.42. The quantitative estimate of drug-likeness (QED) is 0.274. The molecule has 1 aromatic rings. The molecule has 0 saturated carbocycles. The van der Waals surface area contributed by atoms with Crippen LogP contribution in [0.1, 0.15) is 18.4 Å². The number of carbonyl (C=O) groups is 1. The summed E-state index contributed by atoms with van der Waals surface area (Å²) in [5.74, 6) is 5.70. The molecule has 1 aromatic carbocycles. The number of ether oxygens (including phenoxy) is 3. The number of hydrogen-bond acceptors (Lipinski definition) is 4. The van der Waals surface area contributed by atoms with Gasteiger partial charge in [0.05, 0.1) is 19.8 Å². The van der Waals surface area contributed by atoms with E-state index in [-0.39, 0.29) is 18.2 Å². The summed E-state index contributed by atoms with van der Waals surface area (Å²) in [4.78, 5) is 11.2. The topological polar surface area (TPSA) is 44.8 Å². The van der Waals surface area contributed by atoms with Crippen molar-refractivity contribution in [3.63, 3.8) is 0 Å². The molecule has 0 radical (unpaired) electrons. The van der Waals surface area contributed by atoms with Crippen molar-refractivity contribution >= 4 is 5.97 Å². The second kappa shape index (κ2) is 10.4. The Morgan fingerprint density at radius 2 is 2.08 bits per heavy atom. The van der Waals surface area contributed by atoms with Gasteiger partial charge in [-0.2, -0.15) is 0 Å². The van der Waals surface area contributed by atoms with Gasteiger partial charge in [-0.25, -0.2) is 4.79 Å². The smallest absolute Gasteiger partial charge is 0.330 e. The molecule has 1 heterocycles. The van der Waals surface area contributed by atoms with Crippen LogP contribution in [-0.4, -0.2) is 31.9 Å². The van der Waals surface area contributed by atoms with Crippen LogP contribution >= 0.6 is 0 Å². The van der Waals surface area contributed by atoms with E-state index in [1.54, 1.807) is 6.08 Å².